The highest BCUT2D eigenvalue weighted by Gasteiger charge is 2.13. The predicted octanol–water partition coefficient (Wildman–Crippen LogP) is 2.97. The van der Waals surface area contributed by atoms with E-state index in [1.54, 1.807) is 18.2 Å². The Morgan fingerprint density at radius 2 is 1.87 bits per heavy atom. The lowest BCUT2D eigenvalue weighted by Crippen LogP contribution is -2.09. The lowest BCUT2D eigenvalue weighted by molar-refractivity contribution is -0.383. The Hall–Kier alpha value is -2.99. The van der Waals surface area contributed by atoms with Gasteiger partial charge in [0.2, 0.25) is 5.91 Å². The molecule has 0 fully saturated rings. The minimum Gasteiger partial charge on any atom is -0.317 e. The maximum absolute atomic E-state index is 11.9. The Balaban J connectivity index is 2.03. The first kappa shape index (κ1) is 16.4. The number of hydrogen-bond acceptors (Lipinski definition) is 4. The van der Waals surface area contributed by atoms with Crippen LogP contribution >= 0.6 is 0 Å². The van der Waals surface area contributed by atoms with Crippen LogP contribution in [0.3, 0.4) is 0 Å². The van der Waals surface area contributed by atoms with Crippen molar-refractivity contribution in [3.8, 4) is 0 Å². The molecule has 0 aliphatic rings. The molecule has 23 heavy (non-hydrogen) atoms. The molecule has 6 nitrogen and oxygen atoms in total. The van der Waals surface area contributed by atoms with Gasteiger partial charge in [-0.25, -0.2) is 0 Å². The van der Waals surface area contributed by atoms with E-state index in [1.807, 2.05) is 31.3 Å². The second kappa shape index (κ2) is 7.86. The van der Waals surface area contributed by atoms with Crippen LogP contribution in [0, 0.1) is 10.1 Å². The third-order valence-corrected chi connectivity index (χ3v) is 3.15. The summed E-state index contributed by atoms with van der Waals surface area (Å²) in [5.41, 5.74) is 2.07. The second-order valence-electron chi connectivity index (χ2n) is 4.87. The molecule has 2 rings (SSSR count). The zero-order chi connectivity index (χ0) is 16.7. The van der Waals surface area contributed by atoms with Gasteiger partial charge < -0.3 is 10.6 Å². The number of amides is 1. The SMILES string of the molecule is CNCc1ccc(/C=C/C(=O)Nc2ccccc2[N+](=O)[O-])cc1. The number of nitro benzene ring substituents is 1. The maximum Gasteiger partial charge on any atom is 0.292 e. The van der Waals surface area contributed by atoms with E-state index in [-0.39, 0.29) is 11.4 Å². The molecule has 118 valence electrons. The van der Waals surface area contributed by atoms with Crippen molar-refractivity contribution >= 4 is 23.4 Å². The van der Waals surface area contributed by atoms with Crippen LogP contribution < -0.4 is 10.6 Å². The quantitative estimate of drug-likeness (QED) is 0.488. The summed E-state index contributed by atoms with van der Waals surface area (Å²) in [6.07, 6.45) is 3.01. The lowest BCUT2D eigenvalue weighted by Gasteiger charge is -2.03. The number of hydrogen-bond donors (Lipinski definition) is 2. The highest BCUT2D eigenvalue weighted by atomic mass is 16.6. The van der Waals surface area contributed by atoms with Gasteiger partial charge in [0.1, 0.15) is 5.69 Å². The van der Waals surface area contributed by atoms with Crippen LogP contribution in [0.25, 0.3) is 6.08 Å². The van der Waals surface area contributed by atoms with E-state index >= 15 is 0 Å². The number of nitrogens with zero attached hydrogens (tertiary/aromatic N) is 1. The average Bonchev–Trinajstić information content (AvgIpc) is 2.55. The molecule has 0 aromatic heterocycles. The van der Waals surface area contributed by atoms with E-state index in [1.165, 1.54) is 18.2 Å². The summed E-state index contributed by atoms with van der Waals surface area (Å²) in [5, 5.41) is 16.5. The molecule has 2 aromatic carbocycles. The number of carbonyl (C=O) groups excluding carboxylic acids is 1. The fraction of sp³-hybridized carbons (Fsp3) is 0.118. The summed E-state index contributed by atoms with van der Waals surface area (Å²) in [4.78, 5) is 22.3. The average molecular weight is 311 g/mol. The Morgan fingerprint density at radius 1 is 1.17 bits per heavy atom. The highest BCUT2D eigenvalue weighted by molar-refractivity contribution is 6.03. The van der Waals surface area contributed by atoms with E-state index in [4.69, 9.17) is 0 Å². The largest absolute Gasteiger partial charge is 0.317 e. The third-order valence-electron chi connectivity index (χ3n) is 3.15. The van der Waals surface area contributed by atoms with E-state index < -0.39 is 10.8 Å². The van der Waals surface area contributed by atoms with Gasteiger partial charge >= 0.3 is 0 Å². The molecule has 0 aliphatic heterocycles. The molecular weight excluding hydrogens is 294 g/mol. The van der Waals surface area contributed by atoms with Gasteiger partial charge in [-0.15, -0.1) is 0 Å². The molecular formula is C17H17N3O3. The van der Waals surface area contributed by atoms with E-state index in [0.29, 0.717) is 0 Å². The number of benzene rings is 2. The summed E-state index contributed by atoms with van der Waals surface area (Å²) in [7, 11) is 1.88. The summed E-state index contributed by atoms with van der Waals surface area (Å²) in [5.74, 6) is -0.418. The molecule has 0 bridgehead atoms. The van der Waals surface area contributed by atoms with Crippen molar-refractivity contribution in [2.24, 2.45) is 0 Å². The molecule has 0 saturated heterocycles. The minimum atomic E-state index is -0.528. The molecule has 0 heterocycles. The fourth-order valence-electron chi connectivity index (χ4n) is 2.04. The second-order valence-corrected chi connectivity index (χ2v) is 4.87. The van der Waals surface area contributed by atoms with Crippen molar-refractivity contribution in [3.63, 3.8) is 0 Å². The standard InChI is InChI=1S/C17H17N3O3/c1-18-12-14-8-6-13(7-9-14)10-11-17(21)19-15-4-2-3-5-16(15)20(22)23/h2-11,18H,12H2,1H3,(H,19,21)/b11-10+. The van der Waals surface area contributed by atoms with Crippen LogP contribution in [0.4, 0.5) is 11.4 Å². The van der Waals surface area contributed by atoms with Crippen LogP contribution in [0.15, 0.2) is 54.6 Å². The van der Waals surface area contributed by atoms with Crippen molar-refractivity contribution in [1.82, 2.24) is 5.32 Å². The lowest BCUT2D eigenvalue weighted by atomic mass is 10.1. The molecule has 0 atom stereocenters. The van der Waals surface area contributed by atoms with Crippen molar-refractivity contribution in [3.05, 3.63) is 75.8 Å². The minimum absolute atomic E-state index is 0.134. The number of nitrogens with one attached hydrogen (secondary N) is 2. The molecule has 0 saturated carbocycles. The Kier molecular flexibility index (Phi) is 5.60. The zero-order valence-electron chi connectivity index (χ0n) is 12.7. The number of nitro groups is 1. The zero-order valence-corrected chi connectivity index (χ0v) is 12.7. The van der Waals surface area contributed by atoms with Crippen molar-refractivity contribution in [2.75, 3.05) is 12.4 Å². The number of carbonyl (C=O) groups is 1. The first-order valence-corrected chi connectivity index (χ1v) is 7.06. The van der Waals surface area contributed by atoms with Gasteiger partial charge in [-0.1, -0.05) is 36.4 Å². The van der Waals surface area contributed by atoms with Crippen molar-refractivity contribution in [1.29, 1.82) is 0 Å². The molecule has 2 N–H and O–H groups in total. The first-order chi connectivity index (χ1) is 11.1. The predicted molar refractivity (Wildman–Crippen MR) is 90.0 cm³/mol. The van der Waals surface area contributed by atoms with Crippen LogP contribution in [-0.2, 0) is 11.3 Å². The van der Waals surface area contributed by atoms with Gasteiger partial charge in [0, 0.05) is 18.7 Å². The Bertz CT molecular complexity index is 724. The van der Waals surface area contributed by atoms with Crippen molar-refractivity contribution < 1.29 is 9.72 Å². The summed E-state index contributed by atoms with van der Waals surface area (Å²) < 4.78 is 0. The van der Waals surface area contributed by atoms with Crippen LogP contribution in [0.1, 0.15) is 11.1 Å². The molecule has 1 amide bonds. The van der Waals surface area contributed by atoms with Crippen LogP contribution in [-0.4, -0.2) is 17.9 Å². The highest BCUT2D eigenvalue weighted by Crippen LogP contribution is 2.23. The Labute approximate surface area is 134 Å². The normalized spacial score (nSPS) is 10.7. The molecule has 2 aromatic rings. The molecule has 0 unspecified atom stereocenters. The van der Waals surface area contributed by atoms with Gasteiger partial charge in [-0.2, -0.15) is 0 Å². The van der Waals surface area contributed by atoms with E-state index in [0.717, 1.165) is 17.7 Å². The molecule has 6 heteroatoms. The summed E-state index contributed by atoms with van der Waals surface area (Å²) in [6.45, 7) is 0.780. The van der Waals surface area contributed by atoms with Crippen LogP contribution in [0.2, 0.25) is 0 Å². The molecule has 0 spiro atoms. The topological polar surface area (TPSA) is 84.3 Å². The van der Waals surface area contributed by atoms with Crippen molar-refractivity contribution in [2.45, 2.75) is 6.54 Å². The van der Waals surface area contributed by atoms with Crippen LogP contribution in [0.5, 0.6) is 0 Å². The van der Waals surface area contributed by atoms with E-state index in [2.05, 4.69) is 10.6 Å². The maximum atomic E-state index is 11.9. The summed E-state index contributed by atoms with van der Waals surface area (Å²) >= 11 is 0. The third kappa shape index (κ3) is 4.76. The fourth-order valence-corrected chi connectivity index (χ4v) is 2.04. The first-order valence-electron chi connectivity index (χ1n) is 7.06. The van der Waals surface area contributed by atoms with E-state index in [9.17, 15) is 14.9 Å². The summed E-state index contributed by atoms with van der Waals surface area (Å²) in [6, 6.07) is 13.8. The number of anilines is 1. The molecule has 0 aliphatic carbocycles. The number of para-hydroxylation sites is 2. The van der Waals surface area contributed by atoms with Gasteiger partial charge in [0.15, 0.2) is 0 Å². The monoisotopic (exact) mass is 311 g/mol. The Morgan fingerprint density at radius 3 is 2.52 bits per heavy atom. The van der Waals surface area contributed by atoms with Gasteiger partial charge in [-0.05, 0) is 30.3 Å². The smallest absolute Gasteiger partial charge is 0.292 e. The molecule has 0 radical (unpaired) electrons. The van der Waals surface area contributed by atoms with Gasteiger partial charge in [0.25, 0.3) is 5.69 Å². The van der Waals surface area contributed by atoms with Gasteiger partial charge in [-0.3, -0.25) is 14.9 Å². The number of rotatable bonds is 6. The van der Waals surface area contributed by atoms with Gasteiger partial charge in [0.05, 0.1) is 4.92 Å².